The molecular formula is C16H16Br3N. The molecule has 0 amide bonds. The van der Waals surface area contributed by atoms with Crippen molar-refractivity contribution in [3.63, 3.8) is 0 Å². The Kier molecular flexibility index (Phi) is 5.84. The largest absolute Gasteiger partial charge is 0.304 e. The topological polar surface area (TPSA) is 12.0 Å². The number of halogens is 3. The average molecular weight is 462 g/mol. The molecule has 0 spiro atoms. The molecule has 0 heterocycles. The van der Waals surface area contributed by atoms with Gasteiger partial charge in [0.15, 0.2) is 0 Å². The molecule has 1 nitrogen and oxygen atoms in total. The molecule has 0 aliphatic heterocycles. The lowest BCUT2D eigenvalue weighted by Gasteiger charge is -2.22. The second-order valence-corrected chi connectivity index (χ2v) is 7.42. The van der Waals surface area contributed by atoms with Crippen molar-refractivity contribution in [1.82, 2.24) is 5.32 Å². The van der Waals surface area contributed by atoms with Gasteiger partial charge in [-0.1, -0.05) is 72.1 Å². The van der Waals surface area contributed by atoms with Crippen LogP contribution < -0.4 is 5.32 Å². The van der Waals surface area contributed by atoms with E-state index < -0.39 is 0 Å². The summed E-state index contributed by atoms with van der Waals surface area (Å²) in [6.07, 6.45) is 0. The summed E-state index contributed by atoms with van der Waals surface area (Å²) < 4.78 is 3.34. The normalized spacial score (nSPS) is 14.1. The van der Waals surface area contributed by atoms with E-state index in [0.717, 1.165) is 13.4 Å². The Morgan fingerprint density at radius 2 is 1.40 bits per heavy atom. The maximum atomic E-state index is 3.64. The van der Waals surface area contributed by atoms with Crippen LogP contribution in [0.5, 0.6) is 0 Å². The third-order valence-electron chi connectivity index (χ3n) is 3.30. The van der Waals surface area contributed by atoms with Crippen molar-refractivity contribution in [3.8, 4) is 0 Å². The fourth-order valence-electron chi connectivity index (χ4n) is 2.23. The first kappa shape index (κ1) is 16.2. The SMILES string of the molecule is CC(N[C@@H](C)c1ccccc1Br)c1ccc(Br)cc1Br. The van der Waals surface area contributed by atoms with Gasteiger partial charge in [-0.2, -0.15) is 0 Å². The van der Waals surface area contributed by atoms with Crippen LogP contribution in [0.1, 0.15) is 37.1 Å². The molecule has 2 rings (SSSR count). The molecule has 2 atom stereocenters. The highest BCUT2D eigenvalue weighted by atomic mass is 79.9. The summed E-state index contributed by atoms with van der Waals surface area (Å²) in [5, 5.41) is 3.64. The van der Waals surface area contributed by atoms with Crippen LogP contribution in [0.25, 0.3) is 0 Å². The zero-order valence-electron chi connectivity index (χ0n) is 11.3. The van der Waals surface area contributed by atoms with Crippen LogP contribution in [0.4, 0.5) is 0 Å². The Hall–Kier alpha value is -0.160. The van der Waals surface area contributed by atoms with Gasteiger partial charge in [0.05, 0.1) is 0 Å². The van der Waals surface area contributed by atoms with E-state index in [4.69, 9.17) is 0 Å². The Labute approximate surface area is 145 Å². The van der Waals surface area contributed by atoms with Crippen LogP contribution in [-0.4, -0.2) is 0 Å². The molecule has 1 unspecified atom stereocenters. The molecule has 4 heteroatoms. The van der Waals surface area contributed by atoms with E-state index in [2.05, 4.69) is 103 Å². The molecule has 0 saturated carbocycles. The predicted octanol–water partition coefficient (Wildman–Crippen LogP) is 6.39. The van der Waals surface area contributed by atoms with E-state index >= 15 is 0 Å². The highest BCUT2D eigenvalue weighted by molar-refractivity contribution is 9.11. The van der Waals surface area contributed by atoms with Crippen LogP contribution in [0, 0.1) is 0 Å². The van der Waals surface area contributed by atoms with Crippen molar-refractivity contribution in [3.05, 3.63) is 67.0 Å². The first-order valence-electron chi connectivity index (χ1n) is 6.44. The van der Waals surface area contributed by atoms with Crippen molar-refractivity contribution in [2.45, 2.75) is 25.9 Å². The molecule has 0 aliphatic rings. The molecule has 0 aliphatic carbocycles. The van der Waals surface area contributed by atoms with E-state index in [-0.39, 0.29) is 12.1 Å². The Bertz CT molecular complexity index is 598. The van der Waals surface area contributed by atoms with Gasteiger partial charge in [-0.3, -0.25) is 0 Å². The molecule has 2 aromatic rings. The van der Waals surface area contributed by atoms with Crippen LogP contribution in [0.3, 0.4) is 0 Å². The summed E-state index contributed by atoms with van der Waals surface area (Å²) in [6.45, 7) is 4.37. The Morgan fingerprint density at radius 3 is 2.00 bits per heavy atom. The summed E-state index contributed by atoms with van der Waals surface area (Å²) in [7, 11) is 0. The van der Waals surface area contributed by atoms with Gasteiger partial charge >= 0.3 is 0 Å². The highest BCUT2D eigenvalue weighted by Crippen LogP contribution is 2.30. The highest BCUT2D eigenvalue weighted by Gasteiger charge is 2.15. The maximum Gasteiger partial charge on any atom is 0.0308 e. The standard InChI is InChI=1S/C16H16Br3N/c1-10(13-5-3-4-6-15(13)18)20-11(2)14-8-7-12(17)9-16(14)19/h3-11,20H,1-2H3/t10-,11?/m0/s1. The smallest absolute Gasteiger partial charge is 0.0308 e. The van der Waals surface area contributed by atoms with Gasteiger partial charge in [-0.25, -0.2) is 0 Å². The molecule has 0 aromatic heterocycles. The zero-order chi connectivity index (χ0) is 14.7. The maximum absolute atomic E-state index is 3.64. The summed E-state index contributed by atoms with van der Waals surface area (Å²) >= 11 is 10.7. The van der Waals surface area contributed by atoms with Gasteiger partial charge < -0.3 is 5.32 Å². The Morgan fingerprint density at radius 1 is 0.800 bits per heavy atom. The second kappa shape index (κ2) is 7.21. The van der Waals surface area contributed by atoms with Gasteiger partial charge in [0.2, 0.25) is 0 Å². The fourth-order valence-corrected chi connectivity index (χ4v) is 4.25. The van der Waals surface area contributed by atoms with E-state index in [0.29, 0.717) is 0 Å². The monoisotopic (exact) mass is 459 g/mol. The number of rotatable bonds is 4. The molecule has 0 radical (unpaired) electrons. The van der Waals surface area contributed by atoms with Gasteiger partial charge in [0.1, 0.15) is 0 Å². The van der Waals surface area contributed by atoms with Crippen LogP contribution >= 0.6 is 47.8 Å². The van der Waals surface area contributed by atoms with Crippen molar-refractivity contribution >= 4 is 47.8 Å². The summed E-state index contributed by atoms with van der Waals surface area (Å²) in [5.41, 5.74) is 2.53. The van der Waals surface area contributed by atoms with Crippen molar-refractivity contribution in [2.24, 2.45) is 0 Å². The van der Waals surface area contributed by atoms with Gasteiger partial charge in [-0.05, 0) is 43.2 Å². The minimum Gasteiger partial charge on any atom is -0.304 e. The van der Waals surface area contributed by atoms with Gasteiger partial charge in [-0.15, -0.1) is 0 Å². The van der Waals surface area contributed by atoms with Crippen molar-refractivity contribution in [1.29, 1.82) is 0 Å². The third-order valence-corrected chi connectivity index (χ3v) is 5.20. The zero-order valence-corrected chi connectivity index (χ0v) is 16.1. The molecule has 20 heavy (non-hydrogen) atoms. The van der Waals surface area contributed by atoms with E-state index in [1.54, 1.807) is 0 Å². The second-order valence-electron chi connectivity index (χ2n) is 4.80. The number of hydrogen-bond acceptors (Lipinski definition) is 1. The first-order valence-corrected chi connectivity index (χ1v) is 8.82. The first-order chi connectivity index (χ1) is 9.49. The molecule has 1 N–H and O–H groups in total. The number of hydrogen-bond donors (Lipinski definition) is 1. The van der Waals surface area contributed by atoms with Crippen molar-refractivity contribution < 1.29 is 0 Å². The number of nitrogens with one attached hydrogen (secondary N) is 1. The van der Waals surface area contributed by atoms with Gasteiger partial charge in [0.25, 0.3) is 0 Å². The van der Waals surface area contributed by atoms with Crippen molar-refractivity contribution in [2.75, 3.05) is 0 Å². The van der Waals surface area contributed by atoms with E-state index in [1.165, 1.54) is 11.1 Å². The fraction of sp³-hybridized carbons (Fsp3) is 0.250. The average Bonchev–Trinajstić information content (AvgIpc) is 2.38. The van der Waals surface area contributed by atoms with Crippen LogP contribution in [-0.2, 0) is 0 Å². The minimum atomic E-state index is 0.264. The summed E-state index contributed by atoms with van der Waals surface area (Å²) in [5.74, 6) is 0. The Balaban J connectivity index is 2.15. The van der Waals surface area contributed by atoms with Crippen LogP contribution in [0.2, 0.25) is 0 Å². The summed E-state index contributed by atoms with van der Waals surface area (Å²) in [6, 6.07) is 15.2. The van der Waals surface area contributed by atoms with E-state index in [1.807, 2.05) is 6.07 Å². The molecular weight excluding hydrogens is 446 g/mol. The lowest BCUT2D eigenvalue weighted by Crippen LogP contribution is -2.23. The minimum absolute atomic E-state index is 0.264. The summed E-state index contributed by atoms with van der Waals surface area (Å²) in [4.78, 5) is 0. The third kappa shape index (κ3) is 3.94. The van der Waals surface area contributed by atoms with Crippen LogP contribution in [0.15, 0.2) is 55.9 Å². The molecule has 106 valence electrons. The lowest BCUT2D eigenvalue weighted by atomic mass is 10.0. The molecule has 0 saturated heterocycles. The van der Waals surface area contributed by atoms with Gasteiger partial charge in [0, 0.05) is 25.5 Å². The predicted molar refractivity (Wildman–Crippen MR) is 95.9 cm³/mol. The molecule has 2 aromatic carbocycles. The number of benzene rings is 2. The quantitative estimate of drug-likeness (QED) is 0.556. The molecule has 0 bridgehead atoms. The van der Waals surface area contributed by atoms with E-state index in [9.17, 15) is 0 Å². The molecule has 0 fully saturated rings. The lowest BCUT2D eigenvalue weighted by molar-refractivity contribution is 0.492.